The van der Waals surface area contributed by atoms with Crippen molar-refractivity contribution in [2.24, 2.45) is 0 Å². The van der Waals surface area contributed by atoms with Crippen molar-refractivity contribution in [3.63, 3.8) is 0 Å². The average molecular weight is 337 g/mol. The summed E-state index contributed by atoms with van der Waals surface area (Å²) in [7, 11) is 0. The molecule has 0 unspecified atom stereocenters. The van der Waals surface area contributed by atoms with Crippen LogP contribution < -0.4 is 5.32 Å². The molecule has 0 aliphatic heterocycles. The average Bonchev–Trinajstić information content (AvgIpc) is 3.11. The molecule has 4 rings (SSSR count). The number of imidazole rings is 1. The molecule has 2 N–H and O–H groups in total. The van der Waals surface area contributed by atoms with Crippen LogP contribution in [-0.4, -0.2) is 37.8 Å². The maximum Gasteiger partial charge on any atom is 0.166 e. The number of hydrogen-bond donors (Lipinski definition) is 2. The van der Waals surface area contributed by atoms with E-state index >= 15 is 0 Å². The Bertz CT molecular complexity index is 840. The normalized spacial score (nSPS) is 15.6. The van der Waals surface area contributed by atoms with Gasteiger partial charge in [0.1, 0.15) is 5.52 Å². The molecule has 6 heteroatoms. The van der Waals surface area contributed by atoms with Crippen molar-refractivity contribution in [1.82, 2.24) is 19.5 Å². The molecule has 25 heavy (non-hydrogen) atoms. The van der Waals surface area contributed by atoms with Crippen molar-refractivity contribution < 1.29 is 5.11 Å². The molecule has 3 aromatic rings. The van der Waals surface area contributed by atoms with Crippen LogP contribution in [0, 0.1) is 0 Å². The van der Waals surface area contributed by atoms with Gasteiger partial charge in [0.25, 0.3) is 0 Å². The lowest BCUT2D eigenvalue weighted by atomic mass is 9.95. The third-order valence-electron chi connectivity index (χ3n) is 4.83. The molecule has 2 heterocycles. The zero-order valence-electron chi connectivity index (χ0n) is 14.2. The second kappa shape index (κ2) is 7.19. The quantitative estimate of drug-likeness (QED) is 0.746. The SMILES string of the molecule is OCCNc1nc(-c2ccccc2)nc2c1ncn2C1CCCCC1. The number of fused-ring (bicyclic) bond motifs is 1. The van der Waals surface area contributed by atoms with Gasteiger partial charge in [-0.25, -0.2) is 15.0 Å². The number of nitrogens with zero attached hydrogens (tertiary/aromatic N) is 4. The Morgan fingerprint density at radius 2 is 1.88 bits per heavy atom. The van der Waals surface area contributed by atoms with E-state index in [1.54, 1.807) is 0 Å². The van der Waals surface area contributed by atoms with Crippen molar-refractivity contribution in [3.8, 4) is 11.4 Å². The largest absolute Gasteiger partial charge is 0.395 e. The molecule has 0 amide bonds. The van der Waals surface area contributed by atoms with Crippen molar-refractivity contribution in [3.05, 3.63) is 36.7 Å². The van der Waals surface area contributed by atoms with Crippen molar-refractivity contribution in [2.45, 2.75) is 38.1 Å². The molecule has 1 aliphatic carbocycles. The summed E-state index contributed by atoms with van der Waals surface area (Å²) in [5.74, 6) is 1.37. The van der Waals surface area contributed by atoms with E-state index in [2.05, 4.69) is 19.9 Å². The van der Waals surface area contributed by atoms with Crippen molar-refractivity contribution in [1.29, 1.82) is 0 Å². The lowest BCUT2D eigenvalue weighted by Gasteiger charge is -2.23. The molecular formula is C19H23N5O. The van der Waals surface area contributed by atoms with Gasteiger partial charge in [-0.15, -0.1) is 0 Å². The number of aromatic nitrogens is 4. The summed E-state index contributed by atoms with van der Waals surface area (Å²) in [6, 6.07) is 10.4. The minimum atomic E-state index is 0.0511. The van der Waals surface area contributed by atoms with Crippen LogP contribution in [0.5, 0.6) is 0 Å². The van der Waals surface area contributed by atoms with E-state index < -0.39 is 0 Å². The first kappa shape index (κ1) is 16.0. The summed E-state index contributed by atoms with van der Waals surface area (Å²) in [4.78, 5) is 14.1. The molecule has 0 radical (unpaired) electrons. The molecule has 130 valence electrons. The fourth-order valence-corrected chi connectivity index (χ4v) is 3.56. The molecule has 2 aromatic heterocycles. The monoisotopic (exact) mass is 337 g/mol. The van der Waals surface area contributed by atoms with Gasteiger partial charge in [-0.3, -0.25) is 0 Å². The van der Waals surface area contributed by atoms with Crippen LogP contribution in [0.1, 0.15) is 38.1 Å². The molecule has 1 aromatic carbocycles. The predicted molar refractivity (Wildman–Crippen MR) is 98.5 cm³/mol. The van der Waals surface area contributed by atoms with E-state index in [0.29, 0.717) is 24.2 Å². The Morgan fingerprint density at radius 3 is 2.64 bits per heavy atom. The smallest absolute Gasteiger partial charge is 0.166 e. The van der Waals surface area contributed by atoms with E-state index in [4.69, 9.17) is 10.1 Å². The highest BCUT2D eigenvalue weighted by molar-refractivity contribution is 5.85. The first-order valence-electron chi connectivity index (χ1n) is 9.01. The number of aliphatic hydroxyl groups excluding tert-OH is 1. The third-order valence-corrected chi connectivity index (χ3v) is 4.83. The molecule has 0 bridgehead atoms. The summed E-state index contributed by atoms with van der Waals surface area (Å²) in [5.41, 5.74) is 2.63. The summed E-state index contributed by atoms with van der Waals surface area (Å²) < 4.78 is 2.22. The summed E-state index contributed by atoms with van der Waals surface area (Å²) >= 11 is 0. The van der Waals surface area contributed by atoms with Crippen LogP contribution in [0.25, 0.3) is 22.6 Å². The number of hydrogen-bond acceptors (Lipinski definition) is 5. The molecular weight excluding hydrogens is 314 g/mol. The van der Waals surface area contributed by atoms with Gasteiger partial charge in [-0.05, 0) is 12.8 Å². The number of benzene rings is 1. The van der Waals surface area contributed by atoms with Crippen molar-refractivity contribution in [2.75, 3.05) is 18.5 Å². The Morgan fingerprint density at radius 1 is 1.08 bits per heavy atom. The van der Waals surface area contributed by atoms with E-state index in [9.17, 15) is 0 Å². The lowest BCUT2D eigenvalue weighted by Crippen LogP contribution is -2.13. The van der Waals surface area contributed by atoms with E-state index in [-0.39, 0.29) is 6.61 Å². The predicted octanol–water partition coefficient (Wildman–Crippen LogP) is 3.40. The fourth-order valence-electron chi connectivity index (χ4n) is 3.56. The van der Waals surface area contributed by atoms with Gasteiger partial charge in [-0.2, -0.15) is 0 Å². The highest BCUT2D eigenvalue weighted by Gasteiger charge is 2.21. The number of nitrogens with one attached hydrogen (secondary N) is 1. The first-order valence-corrected chi connectivity index (χ1v) is 9.01. The maximum absolute atomic E-state index is 9.16. The van der Waals surface area contributed by atoms with E-state index in [0.717, 1.165) is 16.7 Å². The maximum atomic E-state index is 9.16. The Balaban J connectivity index is 1.83. The number of rotatable bonds is 5. The standard InChI is InChI=1S/C19H23N5O/c25-12-11-20-18-16-19(23-17(22-18)14-7-3-1-4-8-14)24(13-21-16)15-9-5-2-6-10-15/h1,3-4,7-8,13,15,25H,2,5-6,9-12H2,(H,20,22,23). The third kappa shape index (κ3) is 3.22. The Kier molecular flexibility index (Phi) is 4.61. The summed E-state index contributed by atoms with van der Waals surface area (Å²) in [5, 5.41) is 12.4. The first-order chi connectivity index (χ1) is 12.4. The van der Waals surface area contributed by atoms with Crippen LogP contribution in [0.15, 0.2) is 36.7 Å². The van der Waals surface area contributed by atoms with Gasteiger partial charge < -0.3 is 15.0 Å². The van der Waals surface area contributed by atoms with Gasteiger partial charge in [0.2, 0.25) is 0 Å². The molecule has 1 saturated carbocycles. The summed E-state index contributed by atoms with van der Waals surface area (Å²) in [6.45, 7) is 0.492. The van der Waals surface area contributed by atoms with Crippen LogP contribution >= 0.6 is 0 Å². The molecule has 1 aliphatic rings. The van der Waals surface area contributed by atoms with E-state index in [1.807, 2.05) is 36.7 Å². The minimum Gasteiger partial charge on any atom is -0.395 e. The van der Waals surface area contributed by atoms with Gasteiger partial charge in [0.15, 0.2) is 17.3 Å². The van der Waals surface area contributed by atoms with Crippen LogP contribution in [0.4, 0.5) is 5.82 Å². The molecule has 0 atom stereocenters. The Hall–Kier alpha value is -2.47. The van der Waals surface area contributed by atoms with Gasteiger partial charge in [0, 0.05) is 18.2 Å². The zero-order chi connectivity index (χ0) is 17.1. The lowest BCUT2D eigenvalue weighted by molar-refractivity contribution is 0.311. The molecule has 0 spiro atoms. The topological polar surface area (TPSA) is 75.9 Å². The second-order valence-electron chi connectivity index (χ2n) is 6.53. The van der Waals surface area contributed by atoms with Gasteiger partial charge in [-0.1, -0.05) is 49.6 Å². The van der Waals surface area contributed by atoms with Crippen LogP contribution in [0.3, 0.4) is 0 Å². The van der Waals surface area contributed by atoms with E-state index in [1.165, 1.54) is 32.1 Å². The number of anilines is 1. The summed E-state index contributed by atoms with van der Waals surface area (Å²) in [6.07, 6.45) is 8.09. The zero-order valence-corrected chi connectivity index (χ0v) is 14.2. The van der Waals surface area contributed by atoms with Crippen LogP contribution in [0.2, 0.25) is 0 Å². The van der Waals surface area contributed by atoms with Crippen LogP contribution in [-0.2, 0) is 0 Å². The fraction of sp³-hybridized carbons (Fsp3) is 0.421. The highest BCUT2D eigenvalue weighted by atomic mass is 16.3. The second-order valence-corrected chi connectivity index (χ2v) is 6.53. The highest BCUT2D eigenvalue weighted by Crippen LogP contribution is 2.32. The van der Waals surface area contributed by atoms with Crippen molar-refractivity contribution >= 4 is 17.0 Å². The Labute approximate surface area is 147 Å². The molecule has 1 fully saturated rings. The van der Waals surface area contributed by atoms with Gasteiger partial charge >= 0.3 is 0 Å². The molecule has 6 nitrogen and oxygen atoms in total. The minimum absolute atomic E-state index is 0.0511. The number of aliphatic hydroxyl groups is 1. The van der Waals surface area contributed by atoms with Gasteiger partial charge in [0.05, 0.1) is 12.9 Å². The molecule has 0 saturated heterocycles.